The predicted octanol–water partition coefficient (Wildman–Crippen LogP) is 33.3. The molecule has 0 unspecified atom stereocenters. The molecule has 12 aliphatic heterocycles. The first kappa shape index (κ1) is 82.0. The molecule has 6 nitrogen and oxygen atoms in total. The van der Waals surface area contributed by atoms with Crippen molar-refractivity contribution in [2.24, 2.45) is 0 Å². The molecule has 0 bridgehead atoms. The lowest BCUT2D eigenvalue weighted by molar-refractivity contribution is 0.343. The van der Waals surface area contributed by atoms with Crippen LogP contribution in [0.4, 0.5) is 34.1 Å². The first-order valence-electron chi connectivity index (χ1n) is 52.3. The van der Waals surface area contributed by atoms with Crippen molar-refractivity contribution in [3.63, 3.8) is 0 Å². The summed E-state index contributed by atoms with van der Waals surface area (Å²) in [5.41, 5.74) is 68.5. The molecule has 12 aliphatic carbocycles. The minimum atomic E-state index is 0.292. The highest BCUT2D eigenvalue weighted by Crippen LogP contribution is 2.64. The second-order valence-corrected chi connectivity index (χ2v) is 41.2. The molecular weight excluding hydrogens is 1740 g/mol. The van der Waals surface area contributed by atoms with Crippen LogP contribution in [0.15, 0.2) is 505 Å². The highest BCUT2D eigenvalue weighted by Gasteiger charge is 2.50. The highest BCUT2D eigenvalue weighted by molar-refractivity contribution is 6.07. The number of allylic oxidation sites excluding steroid dienone is 32. The average molecular weight is 1840 g/mol. The number of benzene rings is 12. The summed E-state index contributed by atoms with van der Waals surface area (Å²) in [5.74, 6) is 0. The monoisotopic (exact) mass is 1840 g/mol. The fraction of sp³-hybridized carbons (Fsp3) is 0.130. The lowest BCUT2D eigenvalue weighted by Gasteiger charge is -2.46. The third-order valence-corrected chi connectivity index (χ3v) is 34.4. The molecule has 0 radical (unpaired) electrons. The van der Waals surface area contributed by atoms with E-state index in [1.54, 1.807) is 11.1 Å². The van der Waals surface area contributed by atoms with Gasteiger partial charge in [0.05, 0.1) is 36.3 Å². The van der Waals surface area contributed by atoms with E-state index in [0.717, 1.165) is 77.0 Å². The number of para-hydroxylation sites is 6. The van der Waals surface area contributed by atoms with Gasteiger partial charge in [-0.25, -0.2) is 0 Å². The van der Waals surface area contributed by atoms with E-state index in [1.165, 1.54) is 258 Å². The Hall–Kier alpha value is -16.8. The van der Waals surface area contributed by atoms with Gasteiger partial charge in [0.1, 0.15) is 0 Å². The molecule has 0 N–H and O–H groups in total. The van der Waals surface area contributed by atoms with Crippen molar-refractivity contribution in [1.82, 2.24) is 14.7 Å². The molecule has 144 heavy (non-hydrogen) atoms. The molecule has 24 aliphatic rings. The van der Waals surface area contributed by atoms with Crippen LogP contribution in [0.5, 0.6) is 0 Å². The Morgan fingerprint density at radius 2 is 0.479 bits per heavy atom. The van der Waals surface area contributed by atoms with E-state index in [-0.39, 0.29) is 0 Å². The normalized spacial score (nSPS) is 20.1. The quantitative estimate of drug-likeness (QED) is 0.150. The fourth-order valence-corrected chi connectivity index (χ4v) is 28.8. The summed E-state index contributed by atoms with van der Waals surface area (Å²) in [6, 6.07) is 109. The van der Waals surface area contributed by atoms with Gasteiger partial charge in [0.25, 0.3) is 0 Å². The Balaban J connectivity index is 0.0000000788. The van der Waals surface area contributed by atoms with E-state index in [0.29, 0.717) is 36.3 Å². The van der Waals surface area contributed by atoms with Crippen LogP contribution in [0.2, 0.25) is 0 Å². The van der Waals surface area contributed by atoms with Gasteiger partial charge in [-0.2, -0.15) is 0 Å². The van der Waals surface area contributed by atoms with Gasteiger partial charge >= 0.3 is 0 Å². The van der Waals surface area contributed by atoms with Gasteiger partial charge in [0.15, 0.2) is 0 Å². The molecule has 684 valence electrons. The molecule has 12 aromatic carbocycles. The van der Waals surface area contributed by atoms with E-state index >= 15 is 0 Å². The molecule has 0 amide bonds. The Labute approximate surface area is 842 Å². The average Bonchev–Trinajstić information content (AvgIpc) is 1.72. The predicted molar refractivity (Wildman–Crippen MR) is 594 cm³/mol. The summed E-state index contributed by atoms with van der Waals surface area (Å²) in [5, 5.41) is 0. The fourth-order valence-electron chi connectivity index (χ4n) is 28.8. The lowest BCUT2D eigenvalue weighted by atomic mass is 9.77. The van der Waals surface area contributed by atoms with Crippen LogP contribution < -0.4 is 14.7 Å². The van der Waals surface area contributed by atoms with Crippen molar-refractivity contribution >= 4 is 101 Å². The minimum Gasteiger partial charge on any atom is -0.335 e. The van der Waals surface area contributed by atoms with Crippen molar-refractivity contribution in [2.75, 3.05) is 14.7 Å². The maximum absolute atomic E-state index is 2.63. The van der Waals surface area contributed by atoms with Crippen LogP contribution in [0.1, 0.15) is 195 Å². The van der Waals surface area contributed by atoms with Crippen molar-refractivity contribution in [3.05, 3.63) is 605 Å². The number of rotatable bonds is 0. The lowest BCUT2D eigenvalue weighted by Crippen LogP contribution is -2.41. The molecule has 0 atom stereocenters. The highest BCUT2D eigenvalue weighted by atomic mass is 15.2. The number of anilines is 6. The molecule has 0 aromatic heterocycles. The van der Waals surface area contributed by atoms with Gasteiger partial charge in [-0.05, 0) is 258 Å². The number of nitrogens with zero attached hydrogens (tertiary/aromatic N) is 6. The van der Waals surface area contributed by atoms with Gasteiger partial charge in [-0.1, -0.05) is 388 Å². The van der Waals surface area contributed by atoms with Crippen molar-refractivity contribution in [1.29, 1.82) is 0 Å². The van der Waals surface area contributed by atoms with Crippen LogP contribution in [-0.4, -0.2) is 32.8 Å². The van der Waals surface area contributed by atoms with Gasteiger partial charge < -0.3 is 29.4 Å². The van der Waals surface area contributed by atoms with E-state index < -0.39 is 0 Å². The summed E-state index contributed by atoms with van der Waals surface area (Å²) in [4.78, 5) is 15.5. The van der Waals surface area contributed by atoms with Gasteiger partial charge in [-0.15, -0.1) is 0 Å². The number of hydrogen-bond acceptors (Lipinski definition) is 6. The molecule has 0 saturated carbocycles. The standard InChI is InChI=1S/6C23H17N/c3*1-3-13-21-17(7-1)15-9-5-11-19(15)23-20-12-6-10-16(20)18-8-2-4-14-22(18)24(21)23;3*1-3-9-19-15(7-1)17-11-5-13-21(17)24-22-14-6-12-18(22)16-8-2-4-10-20(16)23(19)24/h1-4,7-14,23H,5-6H2;1-8,11-14,23H,9-10H2;1-10,13-14,23H,11-12H2;1-4,7-14,23H,5-6H2;1-10,13-14,23H,11-12H2;1-12,23H,13-14H2. The van der Waals surface area contributed by atoms with Crippen molar-refractivity contribution < 1.29 is 0 Å². The van der Waals surface area contributed by atoms with E-state index in [4.69, 9.17) is 0 Å². The van der Waals surface area contributed by atoms with Gasteiger partial charge in [0.2, 0.25) is 0 Å². The van der Waals surface area contributed by atoms with Crippen LogP contribution in [0.25, 0.3) is 66.9 Å². The summed E-state index contributed by atoms with van der Waals surface area (Å²) in [6.07, 6.45) is 69.0. The molecule has 0 spiro atoms. The summed E-state index contributed by atoms with van der Waals surface area (Å²) < 4.78 is 0. The topological polar surface area (TPSA) is 19.4 Å². The van der Waals surface area contributed by atoms with Crippen LogP contribution in [0, 0.1) is 0 Å². The first-order chi connectivity index (χ1) is 71.6. The minimum absolute atomic E-state index is 0.292. The van der Waals surface area contributed by atoms with E-state index in [2.05, 4.69) is 466 Å². The van der Waals surface area contributed by atoms with Crippen molar-refractivity contribution in [3.8, 4) is 0 Å². The summed E-state index contributed by atoms with van der Waals surface area (Å²) in [6.45, 7) is 0. The van der Waals surface area contributed by atoms with Crippen LogP contribution in [-0.2, 0) is 0 Å². The molecule has 12 aromatic rings. The number of hydrogen-bond donors (Lipinski definition) is 0. The summed E-state index contributed by atoms with van der Waals surface area (Å²) >= 11 is 0. The molecule has 0 saturated heterocycles. The Bertz CT molecular complexity index is 7700. The molecule has 0 fully saturated rings. The Kier molecular flexibility index (Phi) is 18.4. The van der Waals surface area contributed by atoms with Crippen LogP contribution in [0.3, 0.4) is 0 Å². The van der Waals surface area contributed by atoms with Crippen LogP contribution >= 0.6 is 0 Å². The largest absolute Gasteiger partial charge is 0.335 e. The smallest absolute Gasteiger partial charge is 0.0857 e. The van der Waals surface area contributed by atoms with E-state index in [1.807, 2.05) is 0 Å². The molecule has 6 heteroatoms. The van der Waals surface area contributed by atoms with Gasteiger partial charge in [-0.3, -0.25) is 0 Å². The second kappa shape index (κ2) is 32.4. The first-order valence-corrected chi connectivity index (χ1v) is 52.3. The van der Waals surface area contributed by atoms with Gasteiger partial charge in [0, 0.05) is 137 Å². The molecule has 12 heterocycles. The third-order valence-electron chi connectivity index (χ3n) is 34.4. The second-order valence-electron chi connectivity index (χ2n) is 41.2. The maximum Gasteiger partial charge on any atom is 0.0857 e. The Morgan fingerprint density at radius 3 is 0.931 bits per heavy atom. The van der Waals surface area contributed by atoms with E-state index in [9.17, 15) is 0 Å². The molecule has 36 rings (SSSR count). The Morgan fingerprint density at radius 1 is 0.181 bits per heavy atom. The zero-order chi connectivity index (χ0) is 94.0. The SMILES string of the molecule is C1=C2C(=CC1)C1C3=CCC=C3c3ccccc3N1c1ccccc12.C1=C2C(=CC1)N1C3=CCC=C3c3ccccc3C1c1ccccc12.C1=CC2=C(C1)C1C3=C(C=CC3)c3ccccc3N1c1ccccc12.C1=CC2=C(C1)N1C3=C(C=CC3)c3ccccc3C1c1ccccc12.C1=CC2=C(C1)c1ccccc1C1c3ccccc3C3=C(C=CC3)N21.C1=CC2=C(C1)c1ccccc1N1c3ccccc3C3=C(C=CC3)C21. The zero-order valence-electron chi connectivity index (χ0n) is 80.2. The molecular formula is C138H102N6. The summed E-state index contributed by atoms with van der Waals surface area (Å²) in [7, 11) is 0. The number of fused-ring (bicyclic) bond motifs is 58. The zero-order valence-corrected chi connectivity index (χ0v) is 80.2. The maximum atomic E-state index is 2.63. The third kappa shape index (κ3) is 11.9. The van der Waals surface area contributed by atoms with Crippen molar-refractivity contribution in [2.45, 2.75) is 113 Å².